The molecule has 0 spiro atoms. The van der Waals surface area contributed by atoms with Crippen LogP contribution in [0.5, 0.6) is 0 Å². The molecule has 0 aliphatic carbocycles. The summed E-state index contributed by atoms with van der Waals surface area (Å²) in [5, 5.41) is 5.79. The van der Waals surface area contributed by atoms with Crippen molar-refractivity contribution in [2.24, 2.45) is 11.8 Å². The third-order valence-electron chi connectivity index (χ3n) is 5.27. The zero-order valence-corrected chi connectivity index (χ0v) is 17.9. The maximum atomic E-state index is 12.8. The van der Waals surface area contributed by atoms with Gasteiger partial charge in [-0.15, -0.1) is 0 Å². The Balaban J connectivity index is 1.68. The van der Waals surface area contributed by atoms with Crippen LogP contribution in [-0.2, 0) is 14.4 Å². The summed E-state index contributed by atoms with van der Waals surface area (Å²) in [5.74, 6) is -0.525. The monoisotopic (exact) mass is 407 g/mol. The third-order valence-corrected chi connectivity index (χ3v) is 5.27. The molecule has 1 fully saturated rings. The average molecular weight is 408 g/mol. The third kappa shape index (κ3) is 5.06. The Hall–Kier alpha value is -3.15. The summed E-state index contributed by atoms with van der Waals surface area (Å²) in [6.07, 6.45) is 0.165. The highest BCUT2D eigenvalue weighted by Crippen LogP contribution is 2.28. The number of hydrogen-bond donors (Lipinski definition) is 2. The van der Waals surface area contributed by atoms with Crippen LogP contribution in [0.2, 0.25) is 0 Å². The van der Waals surface area contributed by atoms with E-state index in [1.165, 1.54) is 0 Å². The van der Waals surface area contributed by atoms with Crippen LogP contribution in [0.25, 0.3) is 0 Å². The van der Waals surface area contributed by atoms with Crippen molar-refractivity contribution in [2.75, 3.05) is 22.1 Å². The van der Waals surface area contributed by atoms with Gasteiger partial charge in [-0.05, 0) is 41.8 Å². The van der Waals surface area contributed by atoms with E-state index in [0.29, 0.717) is 23.8 Å². The van der Waals surface area contributed by atoms with Gasteiger partial charge in [0.25, 0.3) is 0 Å². The number of rotatable bonds is 6. The van der Waals surface area contributed by atoms with Gasteiger partial charge in [0.15, 0.2) is 0 Å². The summed E-state index contributed by atoms with van der Waals surface area (Å²) < 4.78 is 0. The van der Waals surface area contributed by atoms with Gasteiger partial charge in [-0.2, -0.15) is 0 Å². The molecule has 2 aromatic carbocycles. The van der Waals surface area contributed by atoms with E-state index in [0.717, 1.165) is 11.3 Å². The van der Waals surface area contributed by atoms with Crippen LogP contribution < -0.4 is 15.5 Å². The number of carbonyl (C=O) groups excluding carboxylic acids is 3. The lowest BCUT2D eigenvalue weighted by molar-refractivity contribution is -0.122. The first-order valence-electron chi connectivity index (χ1n) is 10.4. The summed E-state index contributed by atoms with van der Waals surface area (Å²) in [7, 11) is 0. The van der Waals surface area contributed by atoms with Gasteiger partial charge in [-0.3, -0.25) is 14.4 Å². The fraction of sp³-hybridized carbons (Fsp3) is 0.375. The number of anilines is 3. The van der Waals surface area contributed by atoms with E-state index in [9.17, 15) is 14.4 Å². The van der Waals surface area contributed by atoms with Crippen LogP contribution in [-0.4, -0.2) is 24.3 Å². The molecular weight excluding hydrogens is 378 g/mol. The Morgan fingerprint density at radius 3 is 2.30 bits per heavy atom. The second-order valence-electron chi connectivity index (χ2n) is 8.37. The normalized spacial score (nSPS) is 16.3. The first-order valence-corrected chi connectivity index (χ1v) is 10.4. The lowest BCUT2D eigenvalue weighted by Gasteiger charge is -2.18. The molecule has 2 aromatic rings. The van der Waals surface area contributed by atoms with Gasteiger partial charge < -0.3 is 15.5 Å². The highest BCUT2D eigenvalue weighted by molar-refractivity contribution is 6.04. The maximum absolute atomic E-state index is 12.8. The number of hydrogen-bond acceptors (Lipinski definition) is 3. The molecule has 2 N–H and O–H groups in total. The second kappa shape index (κ2) is 9.11. The minimum atomic E-state index is -0.422. The van der Waals surface area contributed by atoms with Gasteiger partial charge in [0.1, 0.15) is 0 Å². The Kier molecular flexibility index (Phi) is 6.55. The van der Waals surface area contributed by atoms with Crippen molar-refractivity contribution >= 4 is 34.8 Å². The summed E-state index contributed by atoms with van der Waals surface area (Å²) >= 11 is 0. The summed E-state index contributed by atoms with van der Waals surface area (Å²) in [6, 6.07) is 15.0. The number of carbonyl (C=O) groups is 3. The van der Waals surface area contributed by atoms with Crippen LogP contribution in [0.15, 0.2) is 48.5 Å². The Morgan fingerprint density at radius 1 is 0.967 bits per heavy atom. The standard InChI is InChI=1S/C24H29N3O3/c1-15(2)17-7-5-8-19(11-17)26-24(30)18-12-22(28)27(14-18)21-10-6-9-20(13-21)25-23(29)16(3)4/h5-11,13,15-16,18H,12,14H2,1-4H3,(H,25,29)(H,26,30)/t18-/m0/s1. The summed E-state index contributed by atoms with van der Waals surface area (Å²) in [4.78, 5) is 38.9. The van der Waals surface area contributed by atoms with Gasteiger partial charge >= 0.3 is 0 Å². The lowest BCUT2D eigenvalue weighted by Crippen LogP contribution is -2.28. The molecule has 0 unspecified atom stereocenters. The Labute approximate surface area is 177 Å². The number of benzene rings is 2. The van der Waals surface area contributed by atoms with E-state index in [1.807, 2.05) is 44.2 Å². The van der Waals surface area contributed by atoms with Crippen LogP contribution in [0.4, 0.5) is 17.1 Å². The van der Waals surface area contributed by atoms with Crippen LogP contribution in [0.3, 0.4) is 0 Å². The van der Waals surface area contributed by atoms with Gasteiger partial charge in [0, 0.05) is 35.9 Å². The first-order chi connectivity index (χ1) is 14.2. The molecule has 0 radical (unpaired) electrons. The SMILES string of the molecule is CC(C)C(=O)Nc1cccc(N2C[C@@H](C(=O)Nc3cccc(C(C)C)c3)CC2=O)c1. The Morgan fingerprint density at radius 2 is 1.63 bits per heavy atom. The number of nitrogens with one attached hydrogen (secondary N) is 2. The molecule has 1 atom stereocenters. The van der Waals surface area contributed by atoms with Crippen molar-refractivity contribution in [3.05, 3.63) is 54.1 Å². The maximum Gasteiger partial charge on any atom is 0.229 e. The molecule has 3 amide bonds. The molecule has 1 aliphatic rings. The number of amides is 3. The minimum Gasteiger partial charge on any atom is -0.326 e. The van der Waals surface area contributed by atoms with Gasteiger partial charge in [0.05, 0.1) is 5.92 Å². The molecule has 1 saturated heterocycles. The molecule has 1 heterocycles. The van der Waals surface area contributed by atoms with E-state index in [2.05, 4.69) is 24.5 Å². The molecule has 1 aliphatic heterocycles. The van der Waals surface area contributed by atoms with Crippen molar-refractivity contribution < 1.29 is 14.4 Å². The van der Waals surface area contributed by atoms with Crippen LogP contribution in [0, 0.1) is 11.8 Å². The second-order valence-corrected chi connectivity index (χ2v) is 8.37. The highest BCUT2D eigenvalue weighted by atomic mass is 16.2. The summed E-state index contributed by atoms with van der Waals surface area (Å²) in [6.45, 7) is 8.17. The highest BCUT2D eigenvalue weighted by Gasteiger charge is 2.35. The van der Waals surface area contributed by atoms with Gasteiger partial charge in [-0.25, -0.2) is 0 Å². The van der Waals surface area contributed by atoms with Crippen molar-refractivity contribution in [3.63, 3.8) is 0 Å². The first kappa shape index (κ1) is 21.6. The van der Waals surface area contributed by atoms with Crippen molar-refractivity contribution in [1.82, 2.24) is 0 Å². The molecule has 0 aromatic heterocycles. The zero-order chi connectivity index (χ0) is 21.8. The quantitative estimate of drug-likeness (QED) is 0.745. The molecular formula is C24H29N3O3. The predicted octanol–water partition coefficient (Wildman–Crippen LogP) is 4.40. The van der Waals surface area contributed by atoms with Crippen molar-refractivity contribution in [2.45, 2.75) is 40.0 Å². The van der Waals surface area contributed by atoms with E-state index in [1.54, 1.807) is 23.1 Å². The Bertz CT molecular complexity index is 952. The lowest BCUT2D eigenvalue weighted by atomic mass is 10.0. The minimum absolute atomic E-state index is 0.0826. The fourth-order valence-electron chi connectivity index (χ4n) is 3.39. The largest absolute Gasteiger partial charge is 0.326 e. The molecule has 0 bridgehead atoms. The van der Waals surface area contributed by atoms with Gasteiger partial charge in [-0.1, -0.05) is 45.9 Å². The smallest absolute Gasteiger partial charge is 0.229 e. The molecule has 0 saturated carbocycles. The van der Waals surface area contributed by atoms with E-state index in [-0.39, 0.29) is 30.1 Å². The average Bonchev–Trinajstić information content (AvgIpc) is 3.10. The zero-order valence-electron chi connectivity index (χ0n) is 17.9. The van der Waals surface area contributed by atoms with Gasteiger partial charge in [0.2, 0.25) is 17.7 Å². The summed E-state index contributed by atoms with van der Waals surface area (Å²) in [5.41, 5.74) is 3.21. The topological polar surface area (TPSA) is 78.5 Å². The van der Waals surface area contributed by atoms with E-state index >= 15 is 0 Å². The fourth-order valence-corrected chi connectivity index (χ4v) is 3.39. The molecule has 6 nitrogen and oxygen atoms in total. The molecule has 30 heavy (non-hydrogen) atoms. The van der Waals surface area contributed by atoms with E-state index < -0.39 is 5.92 Å². The number of nitrogens with zero attached hydrogens (tertiary/aromatic N) is 1. The van der Waals surface area contributed by atoms with Crippen LogP contribution in [0.1, 0.15) is 45.6 Å². The van der Waals surface area contributed by atoms with E-state index in [4.69, 9.17) is 0 Å². The molecule has 158 valence electrons. The van der Waals surface area contributed by atoms with Crippen molar-refractivity contribution in [3.8, 4) is 0 Å². The van der Waals surface area contributed by atoms with Crippen molar-refractivity contribution in [1.29, 1.82) is 0 Å². The predicted molar refractivity (Wildman–Crippen MR) is 120 cm³/mol. The molecule has 3 rings (SSSR count). The molecule has 6 heteroatoms. The van der Waals surface area contributed by atoms with Crippen LogP contribution >= 0.6 is 0 Å².